The molecule has 2 rings (SSSR count). The average molecular weight is 516 g/mol. The van der Waals surface area contributed by atoms with Gasteiger partial charge in [0.2, 0.25) is 21.8 Å². The van der Waals surface area contributed by atoms with Crippen molar-refractivity contribution >= 4 is 27.5 Å². The van der Waals surface area contributed by atoms with Crippen molar-refractivity contribution in [3.05, 3.63) is 65.2 Å². The van der Waals surface area contributed by atoms with Crippen molar-refractivity contribution in [1.29, 1.82) is 0 Å². The molecular formula is C28H41N3O4S. The van der Waals surface area contributed by atoms with Gasteiger partial charge in [-0.05, 0) is 63.3 Å². The van der Waals surface area contributed by atoms with Gasteiger partial charge in [0.05, 0.1) is 11.9 Å². The van der Waals surface area contributed by atoms with Crippen LogP contribution >= 0.6 is 0 Å². The maximum absolute atomic E-state index is 13.5. The summed E-state index contributed by atoms with van der Waals surface area (Å²) in [5.74, 6) is -0.326. The molecule has 0 saturated heterocycles. The van der Waals surface area contributed by atoms with Crippen molar-refractivity contribution in [1.82, 2.24) is 10.2 Å². The van der Waals surface area contributed by atoms with Gasteiger partial charge in [-0.15, -0.1) is 0 Å². The van der Waals surface area contributed by atoms with E-state index in [-0.39, 0.29) is 30.8 Å². The average Bonchev–Trinajstić information content (AvgIpc) is 2.82. The molecule has 0 saturated carbocycles. The van der Waals surface area contributed by atoms with Gasteiger partial charge in [0, 0.05) is 25.6 Å². The number of carbonyl (C=O) groups excluding carboxylic acids is 2. The fourth-order valence-corrected chi connectivity index (χ4v) is 5.01. The molecule has 2 aromatic carbocycles. The summed E-state index contributed by atoms with van der Waals surface area (Å²) in [5, 5.41) is 3.02. The molecular weight excluding hydrogens is 474 g/mol. The molecule has 2 aromatic rings. The van der Waals surface area contributed by atoms with E-state index in [9.17, 15) is 18.0 Å². The van der Waals surface area contributed by atoms with Crippen LogP contribution in [0.2, 0.25) is 0 Å². The van der Waals surface area contributed by atoms with Gasteiger partial charge in [-0.3, -0.25) is 13.9 Å². The number of aryl methyl sites for hydroxylation is 2. The molecule has 0 fully saturated rings. The maximum Gasteiger partial charge on any atom is 0.243 e. The van der Waals surface area contributed by atoms with Crippen LogP contribution in [0.25, 0.3) is 0 Å². The molecule has 0 bridgehead atoms. The summed E-state index contributed by atoms with van der Waals surface area (Å²) in [5.41, 5.74) is 3.65. The Bertz CT molecular complexity index is 1120. The number of rotatable bonds is 13. The minimum Gasteiger partial charge on any atom is -0.352 e. The summed E-state index contributed by atoms with van der Waals surface area (Å²) < 4.78 is 26.2. The van der Waals surface area contributed by atoms with Gasteiger partial charge in [0.15, 0.2) is 0 Å². The van der Waals surface area contributed by atoms with E-state index in [1.54, 1.807) is 17.0 Å². The second-order valence-electron chi connectivity index (χ2n) is 9.46. The van der Waals surface area contributed by atoms with Gasteiger partial charge in [0.25, 0.3) is 0 Å². The van der Waals surface area contributed by atoms with Crippen LogP contribution in [0.15, 0.2) is 48.5 Å². The minimum absolute atomic E-state index is 0.0137. The first-order chi connectivity index (χ1) is 17.0. The number of nitrogens with zero attached hydrogens (tertiary/aromatic N) is 2. The van der Waals surface area contributed by atoms with Gasteiger partial charge < -0.3 is 10.2 Å². The predicted octanol–water partition coefficient (Wildman–Crippen LogP) is 4.57. The van der Waals surface area contributed by atoms with Crippen molar-refractivity contribution in [2.45, 2.75) is 78.9 Å². The highest BCUT2D eigenvalue weighted by molar-refractivity contribution is 7.92. The second kappa shape index (κ2) is 13.4. The topological polar surface area (TPSA) is 86.8 Å². The number of anilines is 1. The van der Waals surface area contributed by atoms with Gasteiger partial charge in [-0.2, -0.15) is 0 Å². The van der Waals surface area contributed by atoms with E-state index < -0.39 is 16.1 Å². The van der Waals surface area contributed by atoms with E-state index in [1.807, 2.05) is 71.0 Å². The SMILES string of the molecule is CCC(C)NC(=O)C(CC)N(Cc1ccccc1C)C(=O)CCCN(c1ccc(C)cc1)S(C)(=O)=O. The summed E-state index contributed by atoms with van der Waals surface area (Å²) in [4.78, 5) is 28.3. The van der Waals surface area contributed by atoms with Gasteiger partial charge in [-0.1, -0.05) is 55.8 Å². The summed E-state index contributed by atoms with van der Waals surface area (Å²) in [6, 6.07) is 14.5. The molecule has 0 spiro atoms. The van der Waals surface area contributed by atoms with Crippen molar-refractivity contribution in [3.63, 3.8) is 0 Å². The first-order valence-corrected chi connectivity index (χ1v) is 14.5. The zero-order valence-corrected chi connectivity index (χ0v) is 23.3. The van der Waals surface area contributed by atoms with E-state index in [2.05, 4.69) is 5.32 Å². The highest BCUT2D eigenvalue weighted by Crippen LogP contribution is 2.21. The van der Waals surface area contributed by atoms with Crippen LogP contribution in [0, 0.1) is 13.8 Å². The lowest BCUT2D eigenvalue weighted by atomic mass is 10.0. The lowest BCUT2D eigenvalue weighted by molar-refractivity contribution is -0.141. The first kappa shape index (κ1) is 29.4. The van der Waals surface area contributed by atoms with E-state index in [1.165, 1.54) is 10.6 Å². The molecule has 0 aliphatic carbocycles. The number of hydrogen-bond donors (Lipinski definition) is 1. The van der Waals surface area contributed by atoms with E-state index in [0.717, 1.165) is 23.1 Å². The Hall–Kier alpha value is -2.87. The minimum atomic E-state index is -3.51. The van der Waals surface area contributed by atoms with Gasteiger partial charge in [0.1, 0.15) is 6.04 Å². The van der Waals surface area contributed by atoms with Crippen molar-refractivity contribution in [2.75, 3.05) is 17.1 Å². The van der Waals surface area contributed by atoms with E-state index >= 15 is 0 Å². The molecule has 1 N–H and O–H groups in total. The number of benzene rings is 2. The summed E-state index contributed by atoms with van der Waals surface area (Å²) in [7, 11) is -3.51. The fraction of sp³-hybridized carbons (Fsp3) is 0.500. The highest BCUT2D eigenvalue weighted by Gasteiger charge is 2.29. The third-order valence-corrected chi connectivity index (χ3v) is 7.66. The molecule has 0 heterocycles. The van der Waals surface area contributed by atoms with Crippen LogP contribution in [0.3, 0.4) is 0 Å². The van der Waals surface area contributed by atoms with Crippen molar-refractivity contribution < 1.29 is 18.0 Å². The van der Waals surface area contributed by atoms with E-state index in [4.69, 9.17) is 0 Å². The fourth-order valence-electron chi connectivity index (χ4n) is 4.05. The molecule has 0 aromatic heterocycles. The Morgan fingerprint density at radius 2 is 1.61 bits per heavy atom. The quantitative estimate of drug-likeness (QED) is 0.423. The number of amides is 2. The Balaban J connectivity index is 2.23. The number of hydrogen-bond acceptors (Lipinski definition) is 4. The molecule has 2 amide bonds. The summed E-state index contributed by atoms with van der Waals surface area (Å²) in [6.45, 7) is 10.3. The zero-order chi connectivity index (χ0) is 26.9. The Labute approximate surface area is 216 Å². The predicted molar refractivity (Wildman–Crippen MR) is 146 cm³/mol. The smallest absolute Gasteiger partial charge is 0.243 e. The third kappa shape index (κ3) is 8.36. The van der Waals surface area contributed by atoms with Crippen LogP contribution in [-0.2, 0) is 26.2 Å². The Kier molecular flexibility index (Phi) is 11.0. The van der Waals surface area contributed by atoms with Crippen LogP contribution < -0.4 is 9.62 Å². The third-order valence-electron chi connectivity index (χ3n) is 6.46. The lowest BCUT2D eigenvalue weighted by Gasteiger charge is -2.32. The highest BCUT2D eigenvalue weighted by atomic mass is 32.2. The largest absolute Gasteiger partial charge is 0.352 e. The number of sulfonamides is 1. The molecule has 7 nitrogen and oxygen atoms in total. The molecule has 198 valence electrons. The Morgan fingerprint density at radius 1 is 0.972 bits per heavy atom. The van der Waals surface area contributed by atoms with Crippen molar-refractivity contribution in [3.8, 4) is 0 Å². The molecule has 0 aliphatic rings. The van der Waals surface area contributed by atoms with Crippen LogP contribution in [0.1, 0.15) is 63.1 Å². The number of nitrogens with one attached hydrogen (secondary N) is 1. The first-order valence-electron chi connectivity index (χ1n) is 12.7. The lowest BCUT2D eigenvalue weighted by Crippen LogP contribution is -2.50. The standard InChI is InChI=1S/C28H41N3O4S/c1-7-23(5)29-28(33)26(8-2)30(20-24-13-10-9-12-22(24)4)27(32)14-11-19-31(36(6,34)35)25-17-15-21(3)16-18-25/h9-10,12-13,15-18,23,26H,7-8,11,14,19-20H2,1-6H3,(H,29,33). The van der Waals surface area contributed by atoms with Gasteiger partial charge in [-0.25, -0.2) is 8.42 Å². The van der Waals surface area contributed by atoms with Crippen LogP contribution in [0.5, 0.6) is 0 Å². The number of carbonyl (C=O) groups is 2. The van der Waals surface area contributed by atoms with Crippen LogP contribution in [-0.4, -0.2) is 50.0 Å². The van der Waals surface area contributed by atoms with Gasteiger partial charge >= 0.3 is 0 Å². The van der Waals surface area contributed by atoms with Crippen LogP contribution in [0.4, 0.5) is 5.69 Å². The van der Waals surface area contributed by atoms with E-state index in [0.29, 0.717) is 25.1 Å². The molecule has 36 heavy (non-hydrogen) atoms. The molecule has 2 atom stereocenters. The van der Waals surface area contributed by atoms with Crippen molar-refractivity contribution in [2.24, 2.45) is 0 Å². The zero-order valence-electron chi connectivity index (χ0n) is 22.5. The molecule has 2 unspecified atom stereocenters. The maximum atomic E-state index is 13.5. The molecule has 8 heteroatoms. The normalized spacial score (nSPS) is 13.1. The monoisotopic (exact) mass is 515 g/mol. The summed E-state index contributed by atoms with van der Waals surface area (Å²) >= 11 is 0. The molecule has 0 radical (unpaired) electrons. The summed E-state index contributed by atoms with van der Waals surface area (Å²) in [6.07, 6.45) is 2.93. The second-order valence-corrected chi connectivity index (χ2v) is 11.4. The molecule has 0 aliphatic heterocycles. The Morgan fingerprint density at radius 3 is 2.17 bits per heavy atom.